The summed E-state index contributed by atoms with van der Waals surface area (Å²) in [5.74, 6) is -2.49. The van der Waals surface area contributed by atoms with Crippen molar-refractivity contribution in [2.75, 3.05) is 18.6 Å². The van der Waals surface area contributed by atoms with E-state index >= 15 is 0 Å². The summed E-state index contributed by atoms with van der Waals surface area (Å²) < 4.78 is 4.91. The normalized spacial score (nSPS) is 19.2. The number of fused-ring (bicyclic) bond motifs is 2. The number of hydrogen-bond acceptors (Lipinski definition) is 15. The van der Waals surface area contributed by atoms with Gasteiger partial charge >= 0.3 is 11.7 Å². The summed E-state index contributed by atoms with van der Waals surface area (Å²) in [4.78, 5) is 58.9. The maximum Gasteiger partial charge on any atom is 0.354 e. The number of carbonyl (C=O) groups is 3. The van der Waals surface area contributed by atoms with Crippen LogP contribution in [0, 0.1) is 10.1 Å². The predicted octanol–water partition coefficient (Wildman–Crippen LogP) is 1.01. The zero-order valence-electron chi connectivity index (χ0n) is 18.9. The number of nitro benzene ring substituents is 1. The third kappa shape index (κ3) is 4.29. The maximum absolute atomic E-state index is 13.0. The van der Waals surface area contributed by atoms with E-state index in [2.05, 4.69) is 30.4 Å². The number of non-ortho nitro benzene ring substituents is 1. The molecule has 2 aliphatic heterocycles. The molecule has 2 aliphatic rings. The monoisotopic (exact) mass is 578 g/mol. The van der Waals surface area contributed by atoms with Crippen molar-refractivity contribution in [3.63, 3.8) is 0 Å². The number of nitrogens with zero attached hydrogens (tertiary/aromatic N) is 6. The van der Waals surface area contributed by atoms with Gasteiger partial charge in [0.15, 0.2) is 22.1 Å². The Hall–Kier alpha value is -4.23. The Morgan fingerprint density at radius 3 is 2.82 bits per heavy atom. The van der Waals surface area contributed by atoms with E-state index in [4.69, 9.17) is 10.6 Å². The molecular weight excluding hydrogens is 564 g/mol. The molecule has 196 valence electrons. The Morgan fingerprint density at radius 1 is 1.39 bits per heavy atom. The quantitative estimate of drug-likeness (QED) is 0.147. The molecule has 2 unspecified atom stereocenters. The highest BCUT2D eigenvalue weighted by Crippen LogP contribution is 2.47. The first kappa shape index (κ1) is 25.4. The molecular formula is C19H14N8O8S3. The molecule has 0 saturated carbocycles. The Morgan fingerprint density at radius 2 is 2.16 bits per heavy atom. The molecule has 2 atom stereocenters. The molecule has 2 aromatic heterocycles. The number of hydrogen-bond donors (Lipinski definition) is 3. The molecule has 0 aliphatic carbocycles. The molecule has 0 bridgehead atoms. The van der Waals surface area contributed by atoms with Crippen LogP contribution in [-0.4, -0.2) is 78.7 Å². The molecule has 2 amide bonds. The molecule has 4 heterocycles. The SMILES string of the molecule is CON=C(C(=O)NC1C(=O)N2C(C(=O)O)=C(Sc3ccc([N+](=O)[O-])c4nonc34)SCC12)c1csc(N)n1. The fourth-order valence-electron chi connectivity index (χ4n) is 3.81. The number of nitro groups is 1. The molecule has 1 aromatic carbocycles. The topological polar surface area (TPSA) is 229 Å². The second-order valence-electron chi connectivity index (χ2n) is 7.58. The van der Waals surface area contributed by atoms with Crippen LogP contribution in [0.15, 0.2) is 42.1 Å². The molecule has 0 radical (unpaired) electrons. The highest BCUT2D eigenvalue weighted by atomic mass is 32.2. The van der Waals surface area contributed by atoms with Crippen molar-refractivity contribution < 1.29 is 33.9 Å². The lowest BCUT2D eigenvalue weighted by Gasteiger charge is -2.49. The van der Waals surface area contributed by atoms with E-state index in [1.54, 1.807) is 0 Å². The minimum Gasteiger partial charge on any atom is -0.477 e. The number of thioether (sulfide) groups is 2. The standard InChI is InChI=1S/C19H14N8O8S3/c1-34-23-10(6-4-37-19(20)21-6)15(28)22-12-8-5-36-18(14(17(30)31)26(8)16(12)29)38-9-3-2-7(27(32)33)11-13(9)25-35-24-11/h2-4,8,12H,5H2,1H3,(H2,20,21)(H,22,28)(H,30,31). The lowest BCUT2D eigenvalue weighted by atomic mass is 9.95. The van der Waals surface area contributed by atoms with E-state index in [1.807, 2.05) is 0 Å². The van der Waals surface area contributed by atoms with Crippen LogP contribution in [0.1, 0.15) is 5.69 Å². The summed E-state index contributed by atoms with van der Waals surface area (Å²) in [6, 6.07) is 0.945. The molecule has 0 spiro atoms. The van der Waals surface area contributed by atoms with Crippen molar-refractivity contribution in [3.8, 4) is 0 Å². The van der Waals surface area contributed by atoms with Crippen LogP contribution < -0.4 is 11.1 Å². The third-order valence-electron chi connectivity index (χ3n) is 5.45. The predicted molar refractivity (Wildman–Crippen MR) is 134 cm³/mol. The van der Waals surface area contributed by atoms with Gasteiger partial charge in [-0.1, -0.05) is 16.9 Å². The number of amides is 2. The van der Waals surface area contributed by atoms with Crippen molar-refractivity contribution in [1.82, 2.24) is 25.5 Å². The number of carbonyl (C=O) groups excluding carboxylic acids is 2. The van der Waals surface area contributed by atoms with Gasteiger partial charge in [-0.15, -0.1) is 23.1 Å². The number of aromatic nitrogens is 3. The van der Waals surface area contributed by atoms with Crippen molar-refractivity contribution in [2.24, 2.45) is 5.16 Å². The van der Waals surface area contributed by atoms with Gasteiger partial charge in [0.1, 0.15) is 18.8 Å². The van der Waals surface area contributed by atoms with Crippen molar-refractivity contribution >= 4 is 80.2 Å². The van der Waals surface area contributed by atoms with Gasteiger partial charge < -0.3 is 21.0 Å². The zero-order valence-corrected chi connectivity index (χ0v) is 21.3. The maximum atomic E-state index is 13.0. The summed E-state index contributed by atoms with van der Waals surface area (Å²) in [5, 5.41) is 36.4. The number of anilines is 1. The van der Waals surface area contributed by atoms with Gasteiger partial charge in [0.25, 0.3) is 11.8 Å². The molecule has 3 aromatic rings. The number of carboxylic acids is 1. The van der Waals surface area contributed by atoms with Crippen molar-refractivity contribution in [1.29, 1.82) is 0 Å². The third-order valence-corrected chi connectivity index (χ3v) is 8.62. The first-order chi connectivity index (χ1) is 18.2. The van der Waals surface area contributed by atoms with Gasteiger partial charge in [-0.25, -0.2) is 14.4 Å². The Labute approximate surface area is 223 Å². The van der Waals surface area contributed by atoms with Gasteiger partial charge in [-0.2, -0.15) is 0 Å². The first-order valence-corrected chi connectivity index (χ1v) is 13.0. The lowest BCUT2D eigenvalue weighted by molar-refractivity contribution is -0.383. The number of nitrogens with one attached hydrogen (secondary N) is 1. The van der Waals surface area contributed by atoms with E-state index in [9.17, 15) is 29.6 Å². The average Bonchev–Trinajstić information content (AvgIpc) is 3.54. The van der Waals surface area contributed by atoms with E-state index < -0.39 is 34.8 Å². The van der Waals surface area contributed by atoms with Gasteiger partial charge in [0.2, 0.25) is 5.52 Å². The summed E-state index contributed by atoms with van der Waals surface area (Å²) >= 11 is 3.21. The summed E-state index contributed by atoms with van der Waals surface area (Å²) in [6.45, 7) is 0. The number of thiazole rings is 1. The first-order valence-electron chi connectivity index (χ1n) is 10.4. The Kier molecular flexibility index (Phi) is 6.63. The second kappa shape index (κ2) is 9.91. The van der Waals surface area contributed by atoms with Crippen LogP contribution in [0.5, 0.6) is 0 Å². The van der Waals surface area contributed by atoms with Crippen molar-refractivity contribution in [2.45, 2.75) is 17.0 Å². The number of nitrogens with two attached hydrogens (primary N) is 1. The number of oxime groups is 1. The second-order valence-corrected chi connectivity index (χ2v) is 10.8. The summed E-state index contributed by atoms with van der Waals surface area (Å²) in [5.41, 5.74) is 4.99. The number of rotatable bonds is 8. The Balaban J connectivity index is 1.39. The van der Waals surface area contributed by atoms with Crippen LogP contribution in [0.4, 0.5) is 10.8 Å². The van der Waals surface area contributed by atoms with Crippen LogP contribution >= 0.6 is 34.9 Å². The number of β-lactam (4-membered cyclic amide) rings is 1. The van der Waals surface area contributed by atoms with Crippen LogP contribution in [-0.2, 0) is 19.2 Å². The fourth-order valence-corrected chi connectivity index (χ4v) is 6.90. The largest absolute Gasteiger partial charge is 0.477 e. The minimum absolute atomic E-state index is 0.0804. The van der Waals surface area contributed by atoms with E-state index in [-0.39, 0.29) is 48.9 Å². The Bertz CT molecular complexity index is 1570. The molecule has 19 heteroatoms. The molecule has 1 fully saturated rings. The molecule has 16 nitrogen and oxygen atoms in total. The lowest BCUT2D eigenvalue weighted by Crippen LogP contribution is -2.72. The average molecular weight is 579 g/mol. The smallest absolute Gasteiger partial charge is 0.354 e. The molecule has 1 saturated heterocycles. The number of nitrogen functional groups attached to an aromatic ring is 1. The molecule has 38 heavy (non-hydrogen) atoms. The van der Waals surface area contributed by atoms with Gasteiger partial charge in [0, 0.05) is 22.1 Å². The van der Waals surface area contributed by atoms with Crippen LogP contribution in [0.3, 0.4) is 0 Å². The molecule has 4 N–H and O–H groups in total. The van der Waals surface area contributed by atoms with Crippen LogP contribution in [0.25, 0.3) is 11.0 Å². The number of benzene rings is 1. The fraction of sp³-hybridized carbons (Fsp3) is 0.211. The summed E-state index contributed by atoms with van der Waals surface area (Å²) in [6.07, 6.45) is 0. The summed E-state index contributed by atoms with van der Waals surface area (Å²) in [7, 11) is 1.24. The minimum atomic E-state index is -1.36. The number of aliphatic carboxylic acids is 1. The van der Waals surface area contributed by atoms with E-state index in [0.717, 1.165) is 39.8 Å². The number of carboxylic acid groups (broad SMARTS) is 1. The molecule has 5 rings (SSSR count). The van der Waals surface area contributed by atoms with Gasteiger partial charge in [-0.05, 0) is 16.4 Å². The van der Waals surface area contributed by atoms with E-state index in [1.165, 1.54) is 24.6 Å². The highest BCUT2D eigenvalue weighted by molar-refractivity contribution is 8.22. The zero-order chi connectivity index (χ0) is 27.1. The van der Waals surface area contributed by atoms with Gasteiger partial charge in [0.05, 0.1) is 15.2 Å². The van der Waals surface area contributed by atoms with Crippen LogP contribution in [0.2, 0.25) is 0 Å². The van der Waals surface area contributed by atoms with Gasteiger partial charge in [-0.3, -0.25) is 24.6 Å². The highest BCUT2D eigenvalue weighted by Gasteiger charge is 2.54. The van der Waals surface area contributed by atoms with Crippen molar-refractivity contribution in [3.05, 3.63) is 43.3 Å². The van der Waals surface area contributed by atoms with E-state index in [0.29, 0.717) is 4.90 Å².